The number of hydrogen-bond donors (Lipinski definition) is 1. The quantitative estimate of drug-likeness (QED) is 0.423. The second-order valence-corrected chi connectivity index (χ2v) is 8.96. The van der Waals surface area contributed by atoms with E-state index in [-0.39, 0.29) is 5.69 Å². The molecule has 0 aliphatic carbocycles. The molecule has 12 heteroatoms. The van der Waals surface area contributed by atoms with Gasteiger partial charge in [-0.25, -0.2) is 13.8 Å². The number of hydrogen-bond acceptors (Lipinski definition) is 5. The number of hydrazone groups is 1. The molecule has 2 aromatic rings. The normalized spacial score (nSPS) is 12.1. The number of ether oxygens (including phenoxy) is 1. The van der Waals surface area contributed by atoms with Crippen molar-refractivity contribution in [3.05, 3.63) is 58.6 Å². The Kier molecular flexibility index (Phi) is 8.51. The average molecular weight is 492 g/mol. The summed E-state index contributed by atoms with van der Waals surface area (Å²) in [5.41, 5.74) is 1.23. The van der Waals surface area contributed by atoms with E-state index >= 15 is 0 Å². The number of rotatable bonds is 9. The molecule has 0 aromatic heterocycles. The molecule has 0 unspecified atom stereocenters. The first-order valence-electron chi connectivity index (χ1n) is 9.31. The predicted octanol–water partition coefficient (Wildman–Crippen LogP) is 4.06. The minimum Gasteiger partial charge on any atom is -0.494 e. The maximum Gasteiger partial charge on any atom is 0.417 e. The van der Waals surface area contributed by atoms with Crippen LogP contribution in [0.3, 0.4) is 0 Å². The monoisotopic (exact) mass is 491 g/mol. The Labute approximate surface area is 188 Å². The molecule has 0 aliphatic heterocycles. The van der Waals surface area contributed by atoms with Crippen LogP contribution in [0, 0.1) is 0 Å². The number of halogens is 4. The molecule has 1 amide bonds. The van der Waals surface area contributed by atoms with Crippen LogP contribution >= 0.6 is 11.6 Å². The van der Waals surface area contributed by atoms with Crippen molar-refractivity contribution in [3.8, 4) is 5.75 Å². The molecule has 2 rings (SSSR count). The standard InChI is InChI=1S/C20H21ClF3N3O4S/c1-3-10-31-16-7-4-14(5-8-16)12-25-26-19(28)13-27(32(2,29)30)15-6-9-18(21)17(11-15)20(22,23)24/h4-9,11-12H,3,10,13H2,1-2H3,(H,26,28)/b25-12-. The number of alkyl halides is 3. The highest BCUT2D eigenvalue weighted by atomic mass is 35.5. The van der Waals surface area contributed by atoms with E-state index in [0.717, 1.165) is 24.8 Å². The van der Waals surface area contributed by atoms with E-state index in [4.69, 9.17) is 16.3 Å². The molecule has 1 N–H and O–H groups in total. The summed E-state index contributed by atoms with van der Waals surface area (Å²) in [7, 11) is -4.08. The van der Waals surface area contributed by atoms with Crippen LogP contribution in [-0.2, 0) is 21.0 Å². The summed E-state index contributed by atoms with van der Waals surface area (Å²) in [6, 6.07) is 9.43. The number of sulfonamides is 1. The number of amides is 1. The number of benzene rings is 2. The lowest BCUT2D eigenvalue weighted by atomic mass is 10.2. The molecule has 174 valence electrons. The van der Waals surface area contributed by atoms with Crippen LogP contribution in [0.4, 0.5) is 18.9 Å². The zero-order chi connectivity index (χ0) is 23.9. The van der Waals surface area contributed by atoms with Crippen LogP contribution in [0.2, 0.25) is 5.02 Å². The van der Waals surface area contributed by atoms with Gasteiger partial charge in [-0.3, -0.25) is 9.10 Å². The molecule has 0 radical (unpaired) electrons. The first-order valence-corrected chi connectivity index (χ1v) is 11.5. The van der Waals surface area contributed by atoms with E-state index in [2.05, 4.69) is 10.5 Å². The summed E-state index contributed by atoms with van der Waals surface area (Å²) in [6.45, 7) is 1.79. The summed E-state index contributed by atoms with van der Waals surface area (Å²) < 4.78 is 69.5. The van der Waals surface area contributed by atoms with Crippen molar-refractivity contribution in [2.75, 3.05) is 23.7 Å². The fourth-order valence-corrected chi connectivity index (χ4v) is 3.57. The molecule has 2 aromatic carbocycles. The lowest BCUT2D eigenvalue weighted by molar-refractivity contribution is -0.137. The molecule has 0 atom stereocenters. The second kappa shape index (κ2) is 10.7. The van der Waals surface area contributed by atoms with Gasteiger partial charge in [0.05, 0.1) is 35.4 Å². The number of nitrogens with zero attached hydrogens (tertiary/aromatic N) is 2. The lowest BCUT2D eigenvalue weighted by Gasteiger charge is -2.22. The SMILES string of the molecule is CCCOc1ccc(/C=N\NC(=O)CN(c2ccc(Cl)c(C(F)(F)F)c2)S(C)(=O)=O)cc1. The highest BCUT2D eigenvalue weighted by Crippen LogP contribution is 2.37. The van der Waals surface area contributed by atoms with Crippen LogP contribution in [0.25, 0.3) is 0 Å². The fraction of sp³-hybridized carbons (Fsp3) is 0.300. The van der Waals surface area contributed by atoms with E-state index < -0.39 is 39.2 Å². The Bertz CT molecular complexity index is 1070. The molecule has 7 nitrogen and oxygen atoms in total. The molecule has 32 heavy (non-hydrogen) atoms. The van der Waals surface area contributed by atoms with Crippen molar-refractivity contribution in [3.63, 3.8) is 0 Å². The van der Waals surface area contributed by atoms with E-state index in [1.54, 1.807) is 24.3 Å². The van der Waals surface area contributed by atoms with Gasteiger partial charge in [0, 0.05) is 0 Å². The molecule has 0 aliphatic rings. The zero-order valence-electron chi connectivity index (χ0n) is 17.2. The van der Waals surface area contributed by atoms with E-state index in [0.29, 0.717) is 28.3 Å². The minimum absolute atomic E-state index is 0.356. The van der Waals surface area contributed by atoms with E-state index in [1.165, 1.54) is 6.21 Å². The highest BCUT2D eigenvalue weighted by molar-refractivity contribution is 7.92. The van der Waals surface area contributed by atoms with Crippen LogP contribution in [-0.4, -0.2) is 39.9 Å². The smallest absolute Gasteiger partial charge is 0.417 e. The maximum atomic E-state index is 13.1. The Morgan fingerprint density at radius 2 is 1.88 bits per heavy atom. The summed E-state index contributed by atoms with van der Waals surface area (Å²) in [5.74, 6) is -0.170. The van der Waals surface area contributed by atoms with Crippen LogP contribution in [0.15, 0.2) is 47.6 Å². The van der Waals surface area contributed by atoms with Gasteiger partial charge >= 0.3 is 6.18 Å². The molecule has 0 bridgehead atoms. The number of anilines is 1. The molecular formula is C20H21ClF3N3O4S. The molecule has 0 heterocycles. The third-order valence-corrected chi connectivity index (χ3v) is 5.46. The zero-order valence-corrected chi connectivity index (χ0v) is 18.8. The third-order valence-electron chi connectivity index (χ3n) is 3.99. The van der Waals surface area contributed by atoms with Gasteiger partial charge in [0.1, 0.15) is 12.3 Å². The van der Waals surface area contributed by atoms with Crippen LogP contribution in [0.5, 0.6) is 5.75 Å². The van der Waals surface area contributed by atoms with Gasteiger partial charge in [0.25, 0.3) is 5.91 Å². The van der Waals surface area contributed by atoms with Gasteiger partial charge in [-0.05, 0) is 54.4 Å². The molecule has 0 saturated heterocycles. The van der Waals surface area contributed by atoms with Gasteiger partial charge < -0.3 is 4.74 Å². The third kappa shape index (κ3) is 7.41. The van der Waals surface area contributed by atoms with E-state index in [9.17, 15) is 26.4 Å². The Hall–Kier alpha value is -2.79. The summed E-state index contributed by atoms with van der Waals surface area (Å²) in [5, 5.41) is 3.16. The highest BCUT2D eigenvalue weighted by Gasteiger charge is 2.34. The van der Waals surface area contributed by atoms with Crippen molar-refractivity contribution in [1.29, 1.82) is 0 Å². The molecule has 0 spiro atoms. The maximum absolute atomic E-state index is 13.1. The Morgan fingerprint density at radius 3 is 2.44 bits per heavy atom. The molecular weight excluding hydrogens is 471 g/mol. The Morgan fingerprint density at radius 1 is 1.22 bits per heavy atom. The van der Waals surface area contributed by atoms with E-state index in [1.807, 2.05) is 6.92 Å². The van der Waals surface area contributed by atoms with Crippen molar-refractivity contribution in [2.45, 2.75) is 19.5 Å². The first kappa shape index (κ1) is 25.5. The minimum atomic E-state index is -4.79. The fourth-order valence-electron chi connectivity index (χ4n) is 2.50. The molecule has 0 fully saturated rings. The van der Waals surface area contributed by atoms with Gasteiger partial charge in [-0.2, -0.15) is 18.3 Å². The molecule has 0 saturated carbocycles. The number of carbonyl (C=O) groups excluding carboxylic acids is 1. The predicted molar refractivity (Wildman–Crippen MR) is 117 cm³/mol. The van der Waals surface area contributed by atoms with Gasteiger partial charge in [-0.1, -0.05) is 18.5 Å². The first-order chi connectivity index (χ1) is 14.9. The topological polar surface area (TPSA) is 88.1 Å². The summed E-state index contributed by atoms with van der Waals surface area (Å²) in [4.78, 5) is 12.2. The van der Waals surface area contributed by atoms with Gasteiger partial charge in [-0.15, -0.1) is 0 Å². The van der Waals surface area contributed by atoms with Gasteiger partial charge in [0.15, 0.2) is 0 Å². The summed E-state index contributed by atoms with van der Waals surface area (Å²) in [6.07, 6.45) is -1.82. The van der Waals surface area contributed by atoms with Crippen molar-refractivity contribution in [2.24, 2.45) is 5.10 Å². The van der Waals surface area contributed by atoms with Crippen LogP contribution < -0.4 is 14.5 Å². The second-order valence-electron chi connectivity index (χ2n) is 6.64. The van der Waals surface area contributed by atoms with Crippen molar-refractivity contribution >= 4 is 39.4 Å². The lowest BCUT2D eigenvalue weighted by Crippen LogP contribution is -2.39. The largest absolute Gasteiger partial charge is 0.494 e. The van der Waals surface area contributed by atoms with Crippen molar-refractivity contribution in [1.82, 2.24) is 5.43 Å². The number of carbonyl (C=O) groups is 1. The summed E-state index contributed by atoms with van der Waals surface area (Å²) >= 11 is 5.57. The van der Waals surface area contributed by atoms with Crippen LogP contribution in [0.1, 0.15) is 24.5 Å². The average Bonchev–Trinajstić information content (AvgIpc) is 2.70. The Balaban J connectivity index is 2.10. The number of nitrogens with one attached hydrogen (secondary N) is 1. The van der Waals surface area contributed by atoms with Gasteiger partial charge in [0.2, 0.25) is 10.0 Å². The van der Waals surface area contributed by atoms with Crippen molar-refractivity contribution < 1.29 is 31.1 Å².